The third-order valence-electron chi connectivity index (χ3n) is 3.06. The van der Waals surface area contributed by atoms with E-state index in [1.54, 1.807) is 6.07 Å². The number of hydrogen-bond acceptors (Lipinski definition) is 1. The molecule has 0 aliphatic rings. The molecule has 0 fully saturated rings. The molecule has 0 saturated heterocycles. The summed E-state index contributed by atoms with van der Waals surface area (Å²) in [6.45, 7) is 7.58. The van der Waals surface area contributed by atoms with Crippen molar-refractivity contribution < 1.29 is 13.2 Å². The van der Waals surface area contributed by atoms with Gasteiger partial charge in [0.15, 0.2) is 0 Å². The van der Waals surface area contributed by atoms with Crippen LogP contribution in [0.25, 0.3) is 0 Å². The van der Waals surface area contributed by atoms with E-state index in [2.05, 4.69) is 5.32 Å². The summed E-state index contributed by atoms with van der Waals surface area (Å²) in [6, 6.07) is 5.65. The first-order chi connectivity index (χ1) is 8.36. The Balaban J connectivity index is 2.98. The minimum absolute atomic E-state index is 0.104. The van der Waals surface area contributed by atoms with Crippen LogP contribution < -0.4 is 5.32 Å². The van der Waals surface area contributed by atoms with Crippen LogP contribution in [-0.4, -0.2) is 13.1 Å². The Labute approximate surface area is 106 Å². The molecule has 0 amide bonds. The van der Waals surface area contributed by atoms with Crippen LogP contribution in [0.1, 0.15) is 37.8 Å². The molecule has 1 rings (SSSR count). The third-order valence-corrected chi connectivity index (χ3v) is 3.06. The van der Waals surface area contributed by atoms with E-state index in [1.165, 1.54) is 12.1 Å². The van der Waals surface area contributed by atoms with Gasteiger partial charge in [0.25, 0.3) is 0 Å². The van der Waals surface area contributed by atoms with Crippen molar-refractivity contribution in [1.29, 1.82) is 0 Å². The SMILES string of the molecule is CCNCC(c1cccc(C(F)(F)F)c1)C(C)C. The van der Waals surface area contributed by atoms with Gasteiger partial charge in [-0.05, 0) is 30.0 Å². The molecule has 1 atom stereocenters. The maximum absolute atomic E-state index is 12.7. The Kier molecular flexibility index (Phi) is 5.20. The lowest BCUT2D eigenvalue weighted by Gasteiger charge is -2.22. The minimum Gasteiger partial charge on any atom is -0.316 e. The van der Waals surface area contributed by atoms with Crippen LogP contribution in [0, 0.1) is 5.92 Å². The van der Waals surface area contributed by atoms with Crippen molar-refractivity contribution in [3.63, 3.8) is 0 Å². The van der Waals surface area contributed by atoms with E-state index in [9.17, 15) is 13.2 Å². The lowest BCUT2D eigenvalue weighted by atomic mass is 9.87. The van der Waals surface area contributed by atoms with Gasteiger partial charge in [-0.2, -0.15) is 13.2 Å². The van der Waals surface area contributed by atoms with Crippen molar-refractivity contribution in [3.8, 4) is 0 Å². The van der Waals surface area contributed by atoms with Crippen molar-refractivity contribution in [2.75, 3.05) is 13.1 Å². The molecule has 0 radical (unpaired) electrons. The second kappa shape index (κ2) is 6.23. The smallest absolute Gasteiger partial charge is 0.316 e. The fourth-order valence-electron chi connectivity index (χ4n) is 1.98. The summed E-state index contributed by atoms with van der Waals surface area (Å²) in [5, 5.41) is 3.21. The van der Waals surface area contributed by atoms with E-state index in [-0.39, 0.29) is 5.92 Å². The van der Waals surface area contributed by atoms with Crippen LogP contribution in [0.3, 0.4) is 0 Å². The summed E-state index contributed by atoms with van der Waals surface area (Å²) in [5.41, 5.74) is 0.183. The Bertz CT molecular complexity index is 372. The monoisotopic (exact) mass is 259 g/mol. The Morgan fingerprint density at radius 3 is 2.39 bits per heavy atom. The molecule has 0 saturated carbocycles. The predicted octanol–water partition coefficient (Wildman–Crippen LogP) is 4.05. The summed E-state index contributed by atoms with van der Waals surface area (Å²) in [6.07, 6.45) is -4.27. The average Bonchev–Trinajstić information content (AvgIpc) is 2.28. The molecule has 1 unspecified atom stereocenters. The molecule has 1 N–H and O–H groups in total. The highest BCUT2D eigenvalue weighted by atomic mass is 19.4. The quantitative estimate of drug-likeness (QED) is 0.841. The van der Waals surface area contributed by atoms with Gasteiger partial charge in [-0.15, -0.1) is 0 Å². The topological polar surface area (TPSA) is 12.0 Å². The maximum atomic E-state index is 12.7. The van der Waals surface area contributed by atoms with Gasteiger partial charge in [0.1, 0.15) is 0 Å². The summed E-state index contributed by atoms with van der Waals surface area (Å²) in [7, 11) is 0. The lowest BCUT2D eigenvalue weighted by molar-refractivity contribution is -0.137. The van der Waals surface area contributed by atoms with Gasteiger partial charge in [-0.25, -0.2) is 0 Å². The second-order valence-corrected chi connectivity index (χ2v) is 4.78. The molecule has 4 heteroatoms. The first kappa shape index (κ1) is 15.0. The minimum atomic E-state index is -4.27. The van der Waals surface area contributed by atoms with E-state index < -0.39 is 11.7 Å². The first-order valence-corrected chi connectivity index (χ1v) is 6.24. The number of rotatable bonds is 5. The molecule has 0 bridgehead atoms. The molecule has 0 heterocycles. The number of alkyl halides is 3. The first-order valence-electron chi connectivity index (χ1n) is 6.24. The fraction of sp³-hybridized carbons (Fsp3) is 0.571. The molecule has 1 aromatic carbocycles. The van der Waals surface area contributed by atoms with Crippen molar-refractivity contribution >= 4 is 0 Å². The van der Waals surface area contributed by atoms with E-state index in [1.807, 2.05) is 20.8 Å². The van der Waals surface area contributed by atoms with Gasteiger partial charge in [0.2, 0.25) is 0 Å². The summed E-state index contributed by atoms with van der Waals surface area (Å²) in [5.74, 6) is 0.403. The number of hydrogen-bond donors (Lipinski definition) is 1. The lowest BCUT2D eigenvalue weighted by Crippen LogP contribution is -2.24. The van der Waals surface area contributed by atoms with E-state index in [0.29, 0.717) is 12.5 Å². The predicted molar refractivity (Wildman–Crippen MR) is 67.6 cm³/mol. The van der Waals surface area contributed by atoms with Gasteiger partial charge in [0.05, 0.1) is 5.56 Å². The highest BCUT2D eigenvalue weighted by Crippen LogP contribution is 2.32. The Morgan fingerprint density at radius 2 is 1.89 bits per heavy atom. The number of halogens is 3. The van der Waals surface area contributed by atoms with Gasteiger partial charge < -0.3 is 5.32 Å². The maximum Gasteiger partial charge on any atom is 0.416 e. The van der Waals surface area contributed by atoms with E-state index >= 15 is 0 Å². The number of benzene rings is 1. The number of nitrogens with one attached hydrogen (secondary N) is 1. The molecule has 0 aliphatic carbocycles. The third kappa shape index (κ3) is 4.02. The molecule has 0 spiro atoms. The Morgan fingerprint density at radius 1 is 1.22 bits per heavy atom. The summed E-state index contributed by atoms with van der Waals surface area (Å²) in [4.78, 5) is 0. The largest absolute Gasteiger partial charge is 0.416 e. The van der Waals surface area contributed by atoms with Crippen LogP contribution in [0.4, 0.5) is 13.2 Å². The number of likely N-dealkylation sites (N-methyl/N-ethyl adjacent to an activating group) is 1. The zero-order valence-electron chi connectivity index (χ0n) is 11.0. The zero-order valence-corrected chi connectivity index (χ0v) is 11.0. The van der Waals surface area contributed by atoms with E-state index in [4.69, 9.17) is 0 Å². The van der Waals surface area contributed by atoms with Crippen molar-refractivity contribution in [1.82, 2.24) is 5.32 Å². The fourth-order valence-corrected chi connectivity index (χ4v) is 1.98. The van der Waals surface area contributed by atoms with Crippen molar-refractivity contribution in [2.24, 2.45) is 5.92 Å². The van der Waals surface area contributed by atoms with Crippen LogP contribution in [0.15, 0.2) is 24.3 Å². The molecule has 102 valence electrons. The normalized spacial score (nSPS) is 13.9. The van der Waals surface area contributed by atoms with Crippen LogP contribution in [-0.2, 0) is 6.18 Å². The standard InChI is InChI=1S/C14H20F3N/c1-4-18-9-13(10(2)3)11-6-5-7-12(8-11)14(15,16)17/h5-8,10,13,18H,4,9H2,1-3H3. The highest BCUT2D eigenvalue weighted by Gasteiger charge is 2.31. The summed E-state index contributed by atoms with van der Waals surface area (Å²) < 4.78 is 38.0. The van der Waals surface area contributed by atoms with Gasteiger partial charge in [0, 0.05) is 6.54 Å². The molecule has 18 heavy (non-hydrogen) atoms. The molecule has 1 nitrogen and oxygen atoms in total. The second-order valence-electron chi connectivity index (χ2n) is 4.78. The van der Waals surface area contributed by atoms with Crippen LogP contribution >= 0.6 is 0 Å². The van der Waals surface area contributed by atoms with Gasteiger partial charge in [-0.3, -0.25) is 0 Å². The molecule has 0 aromatic heterocycles. The molecule has 1 aromatic rings. The van der Waals surface area contributed by atoms with Crippen molar-refractivity contribution in [3.05, 3.63) is 35.4 Å². The van der Waals surface area contributed by atoms with Gasteiger partial charge >= 0.3 is 6.18 Å². The average molecular weight is 259 g/mol. The van der Waals surface area contributed by atoms with Gasteiger partial charge in [-0.1, -0.05) is 39.0 Å². The van der Waals surface area contributed by atoms with Crippen molar-refractivity contribution in [2.45, 2.75) is 32.9 Å². The van der Waals surface area contributed by atoms with E-state index in [0.717, 1.165) is 18.2 Å². The Hall–Kier alpha value is -1.03. The summed E-state index contributed by atoms with van der Waals surface area (Å²) >= 11 is 0. The zero-order chi connectivity index (χ0) is 13.8. The molecular weight excluding hydrogens is 239 g/mol. The molecular formula is C14H20F3N. The van der Waals surface area contributed by atoms with Crippen LogP contribution in [0.2, 0.25) is 0 Å². The molecule has 0 aliphatic heterocycles. The van der Waals surface area contributed by atoms with Crippen LogP contribution in [0.5, 0.6) is 0 Å². The highest BCUT2D eigenvalue weighted by molar-refractivity contribution is 5.29.